The van der Waals surface area contributed by atoms with E-state index < -0.39 is 11.7 Å². The molecule has 1 heterocycles. The molecule has 0 atom stereocenters. The van der Waals surface area contributed by atoms with E-state index in [1.807, 2.05) is 0 Å². The van der Waals surface area contributed by atoms with Gasteiger partial charge < -0.3 is 4.57 Å². The summed E-state index contributed by atoms with van der Waals surface area (Å²) in [4.78, 5) is 0. The van der Waals surface area contributed by atoms with Crippen LogP contribution in [0.25, 0.3) is 11.4 Å². The van der Waals surface area contributed by atoms with E-state index in [1.54, 1.807) is 13.0 Å². The van der Waals surface area contributed by atoms with Crippen LogP contribution >= 0.6 is 28.1 Å². The summed E-state index contributed by atoms with van der Waals surface area (Å²) in [6.45, 7) is 2.24. The molecule has 0 radical (unpaired) electrons. The Bertz CT molecular complexity index is 660. The number of hydrogen-bond donors (Lipinski definition) is 1. The quantitative estimate of drug-likeness (QED) is 0.813. The van der Waals surface area contributed by atoms with Crippen molar-refractivity contribution in [2.45, 2.75) is 19.6 Å². The Morgan fingerprint density at radius 1 is 1.42 bits per heavy atom. The van der Waals surface area contributed by atoms with Crippen LogP contribution in [0.1, 0.15) is 12.5 Å². The summed E-state index contributed by atoms with van der Waals surface area (Å²) >= 11 is 8.04. The van der Waals surface area contributed by atoms with Gasteiger partial charge in [-0.2, -0.15) is 18.3 Å². The second kappa shape index (κ2) is 5.09. The van der Waals surface area contributed by atoms with Crippen molar-refractivity contribution in [1.29, 1.82) is 0 Å². The molecule has 0 saturated heterocycles. The highest BCUT2D eigenvalue weighted by molar-refractivity contribution is 9.10. The Morgan fingerprint density at radius 3 is 2.68 bits per heavy atom. The summed E-state index contributed by atoms with van der Waals surface area (Å²) < 4.78 is 41.4. The van der Waals surface area contributed by atoms with Crippen LogP contribution < -0.4 is 0 Å². The molecule has 0 aliphatic carbocycles. The van der Waals surface area contributed by atoms with Crippen molar-refractivity contribution in [2.75, 3.05) is 0 Å². The molecule has 102 valence electrons. The van der Waals surface area contributed by atoms with Gasteiger partial charge in [0, 0.05) is 16.6 Å². The lowest BCUT2D eigenvalue weighted by atomic mass is 10.1. The van der Waals surface area contributed by atoms with E-state index in [-0.39, 0.29) is 11.4 Å². The van der Waals surface area contributed by atoms with Gasteiger partial charge in [-0.1, -0.05) is 15.9 Å². The highest BCUT2D eigenvalue weighted by Crippen LogP contribution is 2.38. The standard InChI is InChI=1S/C11H9BrF3N3S/c1-2-18-9(16-17-10(18)19)7-4-3-6(12)5-8(7)11(13,14)15/h3-5H,2H2,1H3,(H,17,19). The smallest absolute Gasteiger partial charge is 0.300 e. The first-order valence-electron chi connectivity index (χ1n) is 5.37. The molecule has 0 bridgehead atoms. The van der Waals surface area contributed by atoms with Crippen LogP contribution in [0.3, 0.4) is 0 Å². The fraction of sp³-hybridized carbons (Fsp3) is 0.273. The van der Waals surface area contributed by atoms with E-state index >= 15 is 0 Å². The van der Waals surface area contributed by atoms with Crippen molar-refractivity contribution in [2.24, 2.45) is 0 Å². The fourth-order valence-corrected chi connectivity index (χ4v) is 2.38. The molecule has 0 spiro atoms. The third-order valence-corrected chi connectivity index (χ3v) is 3.41. The zero-order valence-electron chi connectivity index (χ0n) is 9.75. The van der Waals surface area contributed by atoms with Crippen molar-refractivity contribution in [1.82, 2.24) is 14.8 Å². The summed E-state index contributed by atoms with van der Waals surface area (Å²) in [5.74, 6) is 0.187. The average molecular weight is 352 g/mol. The number of aromatic amines is 1. The van der Waals surface area contributed by atoms with Gasteiger partial charge in [-0.15, -0.1) is 0 Å². The van der Waals surface area contributed by atoms with Gasteiger partial charge in [0.1, 0.15) is 0 Å². The molecule has 0 fully saturated rings. The first-order valence-corrected chi connectivity index (χ1v) is 6.57. The van der Waals surface area contributed by atoms with Gasteiger partial charge in [-0.05, 0) is 37.3 Å². The fourth-order valence-electron chi connectivity index (χ4n) is 1.76. The van der Waals surface area contributed by atoms with Gasteiger partial charge in [0.05, 0.1) is 5.56 Å². The number of H-pyrrole nitrogens is 1. The van der Waals surface area contributed by atoms with E-state index in [0.29, 0.717) is 15.8 Å². The van der Waals surface area contributed by atoms with Gasteiger partial charge in [0.15, 0.2) is 10.6 Å². The Morgan fingerprint density at radius 2 is 2.11 bits per heavy atom. The first-order chi connectivity index (χ1) is 8.84. The van der Waals surface area contributed by atoms with Crippen LogP contribution in [0, 0.1) is 4.77 Å². The second-order valence-corrected chi connectivity index (χ2v) is 5.09. The average Bonchev–Trinajstić information content (AvgIpc) is 2.69. The number of rotatable bonds is 2. The molecule has 2 rings (SSSR count). The Balaban J connectivity index is 2.72. The molecule has 3 nitrogen and oxygen atoms in total. The minimum atomic E-state index is -4.45. The summed E-state index contributed by atoms with van der Waals surface area (Å²) in [5, 5.41) is 6.41. The zero-order valence-corrected chi connectivity index (χ0v) is 12.2. The molecule has 0 amide bonds. The monoisotopic (exact) mass is 351 g/mol. The molecule has 8 heteroatoms. The molecular weight excluding hydrogens is 343 g/mol. The third kappa shape index (κ3) is 2.74. The maximum absolute atomic E-state index is 13.1. The van der Waals surface area contributed by atoms with Crippen LogP contribution in [0.15, 0.2) is 22.7 Å². The Kier molecular flexibility index (Phi) is 3.82. The summed E-state index contributed by atoms with van der Waals surface area (Å²) in [5.41, 5.74) is -0.740. The summed E-state index contributed by atoms with van der Waals surface area (Å²) in [6, 6.07) is 3.96. The maximum Gasteiger partial charge on any atom is 0.417 e. The van der Waals surface area contributed by atoms with Gasteiger partial charge in [-0.25, -0.2) is 0 Å². The van der Waals surface area contributed by atoms with E-state index in [2.05, 4.69) is 26.1 Å². The molecule has 19 heavy (non-hydrogen) atoms. The highest BCUT2D eigenvalue weighted by Gasteiger charge is 2.35. The molecular formula is C11H9BrF3N3S. The highest BCUT2D eigenvalue weighted by atomic mass is 79.9. The number of nitrogens with one attached hydrogen (secondary N) is 1. The number of nitrogens with zero attached hydrogens (tertiary/aromatic N) is 2. The van der Waals surface area contributed by atoms with Gasteiger partial charge in [0.25, 0.3) is 0 Å². The van der Waals surface area contributed by atoms with Crippen LogP contribution in [0.4, 0.5) is 13.2 Å². The molecule has 0 aliphatic rings. The molecule has 1 N–H and O–H groups in total. The van der Waals surface area contributed by atoms with Crippen molar-refractivity contribution < 1.29 is 13.2 Å². The predicted octanol–water partition coefficient (Wildman–Crippen LogP) is 4.41. The largest absolute Gasteiger partial charge is 0.417 e. The van der Waals surface area contributed by atoms with E-state index in [0.717, 1.165) is 6.07 Å². The third-order valence-electron chi connectivity index (χ3n) is 2.60. The summed E-state index contributed by atoms with van der Waals surface area (Å²) in [6.07, 6.45) is -4.45. The Hall–Kier alpha value is -1.15. The number of halogens is 4. The van der Waals surface area contributed by atoms with Crippen molar-refractivity contribution in [3.63, 3.8) is 0 Å². The zero-order chi connectivity index (χ0) is 14.2. The van der Waals surface area contributed by atoms with Gasteiger partial charge in [-0.3, -0.25) is 5.10 Å². The maximum atomic E-state index is 13.1. The van der Waals surface area contributed by atoms with E-state index in [4.69, 9.17) is 12.2 Å². The number of benzene rings is 1. The Labute approximate surface area is 120 Å². The van der Waals surface area contributed by atoms with Crippen LogP contribution in [-0.4, -0.2) is 14.8 Å². The lowest BCUT2D eigenvalue weighted by Crippen LogP contribution is -2.09. The van der Waals surface area contributed by atoms with Crippen LogP contribution in [0.2, 0.25) is 0 Å². The normalized spacial score (nSPS) is 11.8. The molecule has 1 aromatic heterocycles. The van der Waals surface area contributed by atoms with E-state index in [1.165, 1.54) is 10.6 Å². The number of alkyl halides is 3. The molecule has 0 unspecified atom stereocenters. The molecule has 0 saturated carbocycles. The van der Waals surface area contributed by atoms with Crippen molar-refractivity contribution in [3.8, 4) is 11.4 Å². The SMILES string of the molecule is CCn1c(-c2ccc(Br)cc2C(F)(F)F)n[nH]c1=S. The van der Waals surface area contributed by atoms with Crippen LogP contribution in [-0.2, 0) is 12.7 Å². The van der Waals surface area contributed by atoms with E-state index in [9.17, 15) is 13.2 Å². The summed E-state index contributed by atoms with van der Waals surface area (Å²) in [7, 11) is 0. The number of hydrogen-bond acceptors (Lipinski definition) is 2. The van der Waals surface area contributed by atoms with Crippen LogP contribution in [0.5, 0.6) is 0 Å². The predicted molar refractivity (Wildman–Crippen MR) is 71.2 cm³/mol. The minimum Gasteiger partial charge on any atom is -0.300 e. The molecule has 2 aromatic rings. The van der Waals surface area contributed by atoms with Gasteiger partial charge in [0.2, 0.25) is 0 Å². The van der Waals surface area contributed by atoms with Gasteiger partial charge >= 0.3 is 6.18 Å². The second-order valence-electron chi connectivity index (χ2n) is 3.78. The number of aromatic nitrogens is 3. The molecule has 1 aromatic carbocycles. The van der Waals surface area contributed by atoms with Crippen molar-refractivity contribution in [3.05, 3.63) is 33.0 Å². The topological polar surface area (TPSA) is 33.6 Å². The first kappa shape index (κ1) is 14.3. The minimum absolute atomic E-state index is 0.00454. The lowest BCUT2D eigenvalue weighted by molar-refractivity contribution is -0.137. The van der Waals surface area contributed by atoms with Crippen molar-refractivity contribution >= 4 is 28.1 Å². The molecule has 0 aliphatic heterocycles. The lowest BCUT2D eigenvalue weighted by Gasteiger charge is -2.13.